The van der Waals surface area contributed by atoms with Crippen molar-refractivity contribution in [3.63, 3.8) is 0 Å². The maximum Gasteiger partial charge on any atom is 0.332 e. The summed E-state index contributed by atoms with van der Waals surface area (Å²) in [5.74, 6) is -1.07. The van der Waals surface area contributed by atoms with Crippen molar-refractivity contribution in [3.8, 4) is 0 Å². The van der Waals surface area contributed by atoms with E-state index in [1.165, 1.54) is 0 Å². The first-order chi connectivity index (χ1) is 6.13. The summed E-state index contributed by atoms with van der Waals surface area (Å²) in [6.07, 6.45) is 0. The van der Waals surface area contributed by atoms with Gasteiger partial charge >= 0.3 is 5.97 Å². The lowest BCUT2D eigenvalue weighted by molar-refractivity contribution is -0.132. The fourth-order valence-electron chi connectivity index (χ4n) is 0.932. The Hall–Kier alpha value is -1.28. The van der Waals surface area contributed by atoms with Gasteiger partial charge < -0.3 is 5.11 Å². The van der Waals surface area contributed by atoms with Crippen LogP contribution in [0.5, 0.6) is 0 Å². The van der Waals surface area contributed by atoms with Crippen LogP contribution < -0.4 is 0 Å². The summed E-state index contributed by atoms with van der Waals surface area (Å²) >= 11 is 5.87. The second-order valence-electron chi connectivity index (χ2n) is 2.60. The van der Waals surface area contributed by atoms with E-state index >= 15 is 0 Å². The molecule has 13 heavy (non-hydrogen) atoms. The number of carboxylic acid groups (broad SMARTS) is 1. The van der Waals surface area contributed by atoms with Crippen LogP contribution >= 0.6 is 11.6 Å². The van der Waals surface area contributed by atoms with E-state index in [0.29, 0.717) is 0 Å². The molecule has 0 saturated heterocycles. The number of aliphatic carboxylic acids is 1. The molecule has 0 aliphatic carbocycles. The Labute approximate surface area is 81.5 Å². The van der Waals surface area contributed by atoms with Crippen LogP contribution in [0.3, 0.4) is 0 Å². The zero-order valence-corrected chi connectivity index (χ0v) is 7.66. The minimum absolute atomic E-state index is 0.00660. The van der Waals surface area contributed by atoms with Gasteiger partial charge in [0.1, 0.15) is 0 Å². The summed E-state index contributed by atoms with van der Waals surface area (Å²) in [4.78, 5) is 10.5. The number of benzene rings is 1. The van der Waals surface area contributed by atoms with Crippen LogP contribution in [0.4, 0.5) is 0 Å². The largest absolute Gasteiger partial charge is 0.478 e. The van der Waals surface area contributed by atoms with Crippen LogP contribution in [0, 0.1) is 0 Å². The number of carboxylic acids is 1. The minimum atomic E-state index is -1.07. The highest BCUT2D eigenvalue weighted by Gasteiger charge is 2.16. The standard InChI is InChI=1S/C10H9ClO2/c1-7(10(12)13)9(11)8-5-3-2-4-6-8/h2-6,9H,1H2,(H,12,13). The lowest BCUT2D eigenvalue weighted by Crippen LogP contribution is -2.05. The molecule has 0 aliphatic rings. The van der Waals surface area contributed by atoms with Crippen molar-refractivity contribution >= 4 is 17.6 Å². The van der Waals surface area contributed by atoms with E-state index in [1.807, 2.05) is 6.07 Å². The van der Waals surface area contributed by atoms with Gasteiger partial charge in [-0.05, 0) is 5.56 Å². The Kier molecular flexibility index (Phi) is 3.09. The number of carbonyl (C=O) groups is 1. The summed E-state index contributed by atoms with van der Waals surface area (Å²) in [5.41, 5.74) is 0.740. The monoisotopic (exact) mass is 196 g/mol. The molecular formula is C10H9ClO2. The van der Waals surface area contributed by atoms with Crippen molar-refractivity contribution in [1.29, 1.82) is 0 Å². The van der Waals surface area contributed by atoms with E-state index in [2.05, 4.69) is 6.58 Å². The Morgan fingerprint density at radius 3 is 2.38 bits per heavy atom. The molecule has 68 valence electrons. The first-order valence-electron chi connectivity index (χ1n) is 3.74. The summed E-state index contributed by atoms with van der Waals surface area (Å²) in [5, 5.41) is 7.98. The minimum Gasteiger partial charge on any atom is -0.478 e. The van der Waals surface area contributed by atoms with Gasteiger partial charge in [-0.15, -0.1) is 11.6 Å². The first kappa shape index (κ1) is 9.81. The Morgan fingerprint density at radius 2 is 1.92 bits per heavy atom. The number of rotatable bonds is 3. The van der Waals surface area contributed by atoms with Gasteiger partial charge in [0.05, 0.1) is 11.0 Å². The molecule has 1 aromatic carbocycles. The van der Waals surface area contributed by atoms with E-state index in [0.717, 1.165) is 5.56 Å². The summed E-state index contributed by atoms with van der Waals surface area (Å²) in [7, 11) is 0. The normalized spacial score (nSPS) is 12.1. The third-order valence-electron chi connectivity index (χ3n) is 1.67. The van der Waals surface area contributed by atoms with Gasteiger partial charge in [0.15, 0.2) is 0 Å². The highest BCUT2D eigenvalue weighted by atomic mass is 35.5. The van der Waals surface area contributed by atoms with E-state index in [4.69, 9.17) is 16.7 Å². The van der Waals surface area contributed by atoms with Gasteiger partial charge in [0.2, 0.25) is 0 Å². The molecule has 1 N–H and O–H groups in total. The fourth-order valence-corrected chi connectivity index (χ4v) is 1.17. The predicted molar refractivity (Wildman–Crippen MR) is 51.8 cm³/mol. The van der Waals surface area contributed by atoms with Crippen molar-refractivity contribution in [2.45, 2.75) is 5.38 Å². The molecule has 0 bridgehead atoms. The second kappa shape index (κ2) is 4.10. The molecule has 0 heterocycles. The molecule has 2 nitrogen and oxygen atoms in total. The quantitative estimate of drug-likeness (QED) is 0.596. The highest BCUT2D eigenvalue weighted by molar-refractivity contribution is 6.25. The van der Waals surface area contributed by atoms with Gasteiger partial charge in [-0.1, -0.05) is 36.9 Å². The molecule has 1 aromatic rings. The Bertz CT molecular complexity index is 319. The Balaban J connectivity index is 2.86. The number of halogens is 1. The molecule has 3 heteroatoms. The lowest BCUT2D eigenvalue weighted by atomic mass is 10.1. The zero-order valence-electron chi connectivity index (χ0n) is 6.90. The zero-order chi connectivity index (χ0) is 9.84. The number of hydrogen-bond donors (Lipinski definition) is 1. The maximum atomic E-state index is 10.5. The molecule has 1 atom stereocenters. The smallest absolute Gasteiger partial charge is 0.332 e. The van der Waals surface area contributed by atoms with E-state index in [1.54, 1.807) is 24.3 Å². The number of alkyl halides is 1. The van der Waals surface area contributed by atoms with Gasteiger partial charge in [-0.2, -0.15) is 0 Å². The van der Waals surface area contributed by atoms with Crippen molar-refractivity contribution in [1.82, 2.24) is 0 Å². The molecule has 1 unspecified atom stereocenters. The highest BCUT2D eigenvalue weighted by Crippen LogP contribution is 2.26. The molecule has 0 radical (unpaired) electrons. The molecule has 0 amide bonds. The topological polar surface area (TPSA) is 37.3 Å². The summed E-state index contributed by atoms with van der Waals surface area (Å²) in [6.45, 7) is 3.40. The second-order valence-corrected chi connectivity index (χ2v) is 3.04. The van der Waals surface area contributed by atoms with Crippen LogP contribution in [-0.4, -0.2) is 11.1 Å². The van der Waals surface area contributed by atoms with Crippen LogP contribution in [0.2, 0.25) is 0 Å². The first-order valence-corrected chi connectivity index (χ1v) is 4.17. The summed E-state index contributed by atoms with van der Waals surface area (Å²) < 4.78 is 0. The molecule has 0 aromatic heterocycles. The van der Waals surface area contributed by atoms with Crippen LogP contribution in [0.25, 0.3) is 0 Å². The van der Waals surface area contributed by atoms with E-state index < -0.39 is 11.3 Å². The lowest BCUT2D eigenvalue weighted by Gasteiger charge is -2.08. The van der Waals surface area contributed by atoms with Crippen molar-refractivity contribution in [3.05, 3.63) is 48.0 Å². The molecule has 0 saturated carbocycles. The van der Waals surface area contributed by atoms with Crippen LogP contribution in [-0.2, 0) is 4.79 Å². The van der Waals surface area contributed by atoms with E-state index in [-0.39, 0.29) is 5.57 Å². The molecule has 1 rings (SSSR count). The van der Waals surface area contributed by atoms with Gasteiger partial charge in [0.25, 0.3) is 0 Å². The average molecular weight is 197 g/mol. The third-order valence-corrected chi connectivity index (χ3v) is 2.19. The fraction of sp³-hybridized carbons (Fsp3) is 0.100. The Morgan fingerprint density at radius 1 is 1.38 bits per heavy atom. The molecule has 0 fully saturated rings. The van der Waals surface area contributed by atoms with Gasteiger partial charge in [-0.3, -0.25) is 0 Å². The van der Waals surface area contributed by atoms with Crippen molar-refractivity contribution in [2.75, 3.05) is 0 Å². The van der Waals surface area contributed by atoms with Crippen LogP contribution in [0.15, 0.2) is 42.5 Å². The molecule has 0 spiro atoms. The molecular weight excluding hydrogens is 188 g/mol. The average Bonchev–Trinajstić information content (AvgIpc) is 2.17. The van der Waals surface area contributed by atoms with Crippen molar-refractivity contribution in [2.24, 2.45) is 0 Å². The predicted octanol–water partition coefficient (Wildman–Crippen LogP) is 2.61. The van der Waals surface area contributed by atoms with Gasteiger partial charge in [0, 0.05) is 0 Å². The molecule has 0 aliphatic heterocycles. The van der Waals surface area contributed by atoms with Crippen molar-refractivity contribution < 1.29 is 9.90 Å². The number of hydrogen-bond acceptors (Lipinski definition) is 1. The summed E-state index contributed by atoms with van der Waals surface area (Å²) in [6, 6.07) is 8.99. The maximum absolute atomic E-state index is 10.5. The third kappa shape index (κ3) is 2.33. The van der Waals surface area contributed by atoms with Crippen LogP contribution in [0.1, 0.15) is 10.9 Å². The van der Waals surface area contributed by atoms with Gasteiger partial charge in [-0.25, -0.2) is 4.79 Å². The SMILES string of the molecule is C=C(C(=O)O)C(Cl)c1ccccc1. The van der Waals surface area contributed by atoms with E-state index in [9.17, 15) is 4.79 Å².